The molecule has 0 atom stereocenters. The minimum Gasteiger partial charge on any atom is -0.486 e. The minimum absolute atomic E-state index is 0.615. The van der Waals surface area contributed by atoms with Gasteiger partial charge in [0.2, 0.25) is 0 Å². The van der Waals surface area contributed by atoms with Crippen molar-refractivity contribution in [1.29, 1.82) is 0 Å². The molecule has 1 aliphatic heterocycles. The van der Waals surface area contributed by atoms with Crippen molar-refractivity contribution >= 4 is 22.2 Å². The van der Waals surface area contributed by atoms with Crippen LogP contribution in [0.15, 0.2) is 23.6 Å². The quantitative estimate of drug-likeness (QED) is 0.809. The number of hydrogen-bond donors (Lipinski definition) is 1. The maximum absolute atomic E-state index is 5.68. The number of nitrogens with one attached hydrogen (secondary N) is 1. The van der Waals surface area contributed by atoms with Gasteiger partial charge in [0.05, 0.1) is 5.69 Å². The maximum atomic E-state index is 5.68. The summed E-state index contributed by atoms with van der Waals surface area (Å²) in [5.41, 5.74) is 2.35. The minimum atomic E-state index is 0.615. The third-order valence-electron chi connectivity index (χ3n) is 6.88. The second kappa shape index (κ2) is 5.88. The fraction of sp³-hybridized carbons (Fsp3) is 0.571. The summed E-state index contributed by atoms with van der Waals surface area (Å²) >= 11 is 1.73. The van der Waals surface area contributed by atoms with Gasteiger partial charge < -0.3 is 14.8 Å². The molecule has 26 heavy (non-hydrogen) atoms. The molecule has 4 nitrogen and oxygen atoms in total. The lowest BCUT2D eigenvalue weighted by Crippen LogP contribution is -2.43. The van der Waals surface area contributed by atoms with Gasteiger partial charge in [0, 0.05) is 23.1 Å². The Morgan fingerprint density at radius 3 is 2.42 bits per heavy atom. The first kappa shape index (κ1) is 15.3. The summed E-state index contributed by atoms with van der Waals surface area (Å²) in [6, 6.07) is 6.03. The van der Waals surface area contributed by atoms with Crippen molar-refractivity contribution < 1.29 is 9.47 Å². The lowest BCUT2D eigenvalue weighted by atomic mass is 9.51. The van der Waals surface area contributed by atoms with Crippen LogP contribution in [-0.4, -0.2) is 18.2 Å². The van der Waals surface area contributed by atoms with Gasteiger partial charge >= 0.3 is 0 Å². The van der Waals surface area contributed by atoms with Gasteiger partial charge in [-0.25, -0.2) is 4.98 Å². The molecule has 1 aromatic heterocycles. The van der Waals surface area contributed by atoms with Crippen LogP contribution in [0.1, 0.15) is 43.7 Å². The summed E-state index contributed by atoms with van der Waals surface area (Å²) in [5, 5.41) is 6.76. The molecule has 4 bridgehead atoms. The Morgan fingerprint density at radius 2 is 1.65 bits per heavy atom. The molecule has 2 aromatic rings. The number of nitrogens with zero attached hydrogens (tertiary/aromatic N) is 1. The van der Waals surface area contributed by atoms with Gasteiger partial charge in [-0.3, -0.25) is 0 Å². The molecule has 2 heterocycles. The zero-order valence-electron chi connectivity index (χ0n) is 14.8. The van der Waals surface area contributed by atoms with E-state index in [-0.39, 0.29) is 0 Å². The molecular weight excluding hydrogens is 344 g/mol. The summed E-state index contributed by atoms with van der Waals surface area (Å²) in [6.07, 6.45) is 7.29. The van der Waals surface area contributed by atoms with Gasteiger partial charge in [0.1, 0.15) is 13.2 Å². The Bertz CT molecular complexity index is 805. The van der Waals surface area contributed by atoms with E-state index in [2.05, 4.69) is 10.7 Å². The van der Waals surface area contributed by atoms with Crippen LogP contribution in [0.25, 0.3) is 0 Å². The average Bonchev–Trinajstić information content (AvgIpc) is 3.09. The van der Waals surface area contributed by atoms with E-state index < -0.39 is 0 Å². The Kier molecular flexibility index (Phi) is 3.46. The first-order valence-corrected chi connectivity index (χ1v) is 10.8. The summed E-state index contributed by atoms with van der Waals surface area (Å²) in [5.74, 6) is 6.15. The molecule has 136 valence electrons. The zero-order valence-corrected chi connectivity index (χ0v) is 15.6. The number of fused-ring (bicyclic) bond motifs is 1. The molecule has 0 radical (unpaired) electrons. The van der Waals surface area contributed by atoms with Crippen molar-refractivity contribution in [3.63, 3.8) is 0 Å². The normalized spacial score (nSPS) is 34.1. The lowest BCUT2D eigenvalue weighted by Gasteiger charge is -2.54. The van der Waals surface area contributed by atoms with Crippen LogP contribution in [0.3, 0.4) is 0 Å². The summed E-state index contributed by atoms with van der Waals surface area (Å²) in [4.78, 5) is 5.00. The second-order valence-electron chi connectivity index (χ2n) is 8.52. The summed E-state index contributed by atoms with van der Waals surface area (Å²) < 4.78 is 11.3. The number of benzene rings is 1. The molecule has 7 rings (SSSR count). The smallest absolute Gasteiger partial charge is 0.187 e. The Labute approximate surface area is 157 Å². The van der Waals surface area contributed by atoms with Crippen molar-refractivity contribution in [1.82, 2.24) is 4.98 Å². The van der Waals surface area contributed by atoms with Crippen molar-refractivity contribution in [2.45, 2.75) is 38.0 Å². The molecule has 5 heteroatoms. The summed E-state index contributed by atoms with van der Waals surface area (Å²) in [7, 11) is 0. The topological polar surface area (TPSA) is 43.4 Å². The molecule has 0 spiro atoms. The number of rotatable bonds is 3. The van der Waals surface area contributed by atoms with Gasteiger partial charge in [-0.05, 0) is 67.9 Å². The first-order valence-electron chi connectivity index (χ1n) is 9.94. The predicted molar refractivity (Wildman–Crippen MR) is 103 cm³/mol. The fourth-order valence-corrected chi connectivity index (χ4v) is 6.93. The molecule has 5 aliphatic rings. The van der Waals surface area contributed by atoms with Crippen molar-refractivity contribution in [3.8, 4) is 11.5 Å². The highest BCUT2D eigenvalue weighted by molar-refractivity contribution is 7.13. The van der Waals surface area contributed by atoms with E-state index in [0.717, 1.165) is 46.0 Å². The molecule has 0 unspecified atom stereocenters. The number of thiazole rings is 1. The standard InChI is InChI=1S/C21H24N2O2S/c1-2-18-19(25-4-3-24-18)10-16(1)22-21-23-17(11-26-21)20-14-6-12-5-13(8-14)9-15(20)7-12/h1-2,10-15,20H,3-9H2,(H,22,23). The monoisotopic (exact) mass is 368 g/mol. The molecule has 0 amide bonds. The number of aromatic nitrogens is 1. The van der Waals surface area contributed by atoms with E-state index in [1.165, 1.54) is 37.8 Å². The van der Waals surface area contributed by atoms with E-state index in [4.69, 9.17) is 14.5 Å². The highest BCUT2D eigenvalue weighted by atomic mass is 32.1. The molecular formula is C21H24N2O2S. The van der Waals surface area contributed by atoms with E-state index in [0.29, 0.717) is 19.1 Å². The first-order chi connectivity index (χ1) is 12.8. The van der Waals surface area contributed by atoms with Crippen molar-refractivity contribution in [2.24, 2.45) is 23.7 Å². The van der Waals surface area contributed by atoms with Gasteiger partial charge in [-0.15, -0.1) is 11.3 Å². The molecule has 4 saturated carbocycles. The van der Waals surface area contributed by atoms with E-state index in [1.54, 1.807) is 11.3 Å². The summed E-state index contributed by atoms with van der Waals surface area (Å²) in [6.45, 7) is 1.24. The highest BCUT2D eigenvalue weighted by Gasteiger charge is 2.49. The van der Waals surface area contributed by atoms with Gasteiger partial charge in [0.15, 0.2) is 16.6 Å². The molecule has 4 aliphatic carbocycles. The van der Waals surface area contributed by atoms with Crippen LogP contribution < -0.4 is 14.8 Å². The Balaban J connectivity index is 1.22. The van der Waals surface area contributed by atoms with Crippen molar-refractivity contribution in [2.75, 3.05) is 18.5 Å². The van der Waals surface area contributed by atoms with Gasteiger partial charge in [-0.1, -0.05) is 0 Å². The lowest BCUT2D eigenvalue weighted by molar-refractivity contribution is -0.00392. The Hall–Kier alpha value is -1.75. The molecule has 0 saturated heterocycles. The Morgan fingerprint density at radius 1 is 0.923 bits per heavy atom. The highest BCUT2D eigenvalue weighted by Crippen LogP contribution is 2.59. The van der Waals surface area contributed by atoms with Crippen LogP contribution >= 0.6 is 11.3 Å². The van der Waals surface area contributed by atoms with Crippen LogP contribution in [0.5, 0.6) is 11.5 Å². The zero-order chi connectivity index (χ0) is 17.1. The van der Waals surface area contributed by atoms with Crippen LogP contribution in [-0.2, 0) is 0 Å². The third-order valence-corrected chi connectivity index (χ3v) is 7.66. The van der Waals surface area contributed by atoms with Crippen LogP contribution in [0.4, 0.5) is 10.8 Å². The van der Waals surface area contributed by atoms with E-state index >= 15 is 0 Å². The maximum Gasteiger partial charge on any atom is 0.187 e. The van der Waals surface area contributed by atoms with Gasteiger partial charge in [0.25, 0.3) is 0 Å². The van der Waals surface area contributed by atoms with E-state index in [9.17, 15) is 0 Å². The SMILES string of the molecule is c1cc2c(cc1Nc1nc(C3C4CC5CC(C4)CC3C5)cs1)OCCO2. The van der Waals surface area contributed by atoms with Crippen LogP contribution in [0, 0.1) is 23.7 Å². The number of anilines is 2. The van der Waals surface area contributed by atoms with Gasteiger partial charge in [-0.2, -0.15) is 0 Å². The predicted octanol–water partition coefficient (Wildman–Crippen LogP) is 5.20. The van der Waals surface area contributed by atoms with E-state index in [1.807, 2.05) is 18.2 Å². The average molecular weight is 369 g/mol. The molecule has 4 fully saturated rings. The molecule has 1 N–H and O–H groups in total. The van der Waals surface area contributed by atoms with Crippen molar-refractivity contribution in [3.05, 3.63) is 29.3 Å². The number of ether oxygens (including phenoxy) is 2. The second-order valence-corrected chi connectivity index (χ2v) is 9.38. The van der Waals surface area contributed by atoms with Crippen LogP contribution in [0.2, 0.25) is 0 Å². The molecule has 1 aromatic carbocycles. The third kappa shape index (κ3) is 2.51. The largest absolute Gasteiger partial charge is 0.486 e. The fourth-order valence-electron chi connectivity index (χ4n) is 6.15. The number of hydrogen-bond acceptors (Lipinski definition) is 5.